The van der Waals surface area contributed by atoms with Crippen molar-refractivity contribution in [2.45, 2.75) is 39.2 Å². The topological polar surface area (TPSA) is 48.1 Å². The summed E-state index contributed by atoms with van der Waals surface area (Å²) in [4.78, 5) is 5.53. The molecule has 2 rings (SSSR count). The summed E-state index contributed by atoms with van der Waals surface area (Å²) in [6.07, 6.45) is 3.68. The van der Waals surface area contributed by atoms with Crippen LogP contribution in [-0.2, 0) is 18.4 Å². The molecule has 1 aromatic heterocycles. The highest BCUT2D eigenvalue weighted by Crippen LogP contribution is 2.24. The second-order valence-electron chi connectivity index (χ2n) is 5.40. The van der Waals surface area contributed by atoms with Gasteiger partial charge in [0, 0.05) is 23.0 Å². The predicted molar refractivity (Wildman–Crippen MR) is 84.3 cm³/mol. The van der Waals surface area contributed by atoms with E-state index in [9.17, 15) is 0 Å². The summed E-state index contributed by atoms with van der Waals surface area (Å²) < 4.78 is 5.86. The van der Waals surface area contributed by atoms with Gasteiger partial charge in [-0.2, -0.15) is 0 Å². The number of benzene rings is 1. The molecule has 0 spiro atoms. The zero-order chi connectivity index (χ0) is 14.6. The molecule has 4 heteroatoms. The molecule has 0 saturated heterocycles. The van der Waals surface area contributed by atoms with Crippen LogP contribution in [0.3, 0.4) is 0 Å². The van der Waals surface area contributed by atoms with Gasteiger partial charge in [0.25, 0.3) is 0 Å². The fourth-order valence-corrected chi connectivity index (χ4v) is 2.82. The van der Waals surface area contributed by atoms with E-state index >= 15 is 0 Å². The second-order valence-corrected chi connectivity index (χ2v) is 6.51. The van der Waals surface area contributed by atoms with Crippen molar-refractivity contribution in [3.8, 4) is 5.75 Å². The van der Waals surface area contributed by atoms with Crippen LogP contribution in [0.1, 0.15) is 36.2 Å². The Morgan fingerprint density at radius 3 is 2.70 bits per heavy atom. The third-order valence-corrected chi connectivity index (χ3v) is 4.51. The molecule has 0 bridgehead atoms. The van der Waals surface area contributed by atoms with Crippen molar-refractivity contribution < 1.29 is 4.74 Å². The van der Waals surface area contributed by atoms with E-state index in [1.807, 2.05) is 38.2 Å². The number of nitrogens with zero attached hydrogens (tertiary/aromatic N) is 1. The van der Waals surface area contributed by atoms with Gasteiger partial charge < -0.3 is 10.5 Å². The number of aromatic nitrogens is 1. The molecule has 0 aliphatic rings. The van der Waals surface area contributed by atoms with E-state index in [1.54, 1.807) is 11.3 Å². The molecule has 20 heavy (non-hydrogen) atoms. The molecule has 0 aliphatic heterocycles. The van der Waals surface area contributed by atoms with Crippen LogP contribution < -0.4 is 10.5 Å². The quantitative estimate of drug-likeness (QED) is 0.885. The molecule has 108 valence electrons. The zero-order valence-electron chi connectivity index (χ0n) is 12.3. The minimum atomic E-state index is -0.314. The molecular formula is C16H22N2OS. The SMILES string of the molecule is CCc1ccccc1OCCc1ncc(C(C)(C)N)s1. The maximum atomic E-state index is 6.07. The van der Waals surface area contributed by atoms with E-state index in [1.165, 1.54) is 5.56 Å². The molecule has 0 fully saturated rings. The summed E-state index contributed by atoms with van der Waals surface area (Å²) in [6, 6.07) is 8.18. The lowest BCUT2D eigenvalue weighted by atomic mass is 10.1. The third kappa shape index (κ3) is 3.81. The summed E-state index contributed by atoms with van der Waals surface area (Å²) in [7, 11) is 0. The lowest BCUT2D eigenvalue weighted by molar-refractivity contribution is 0.318. The van der Waals surface area contributed by atoms with Crippen LogP contribution in [0.25, 0.3) is 0 Å². The highest BCUT2D eigenvalue weighted by molar-refractivity contribution is 7.11. The molecule has 0 aliphatic carbocycles. The van der Waals surface area contributed by atoms with Crippen LogP contribution in [0.4, 0.5) is 0 Å². The monoisotopic (exact) mass is 290 g/mol. The van der Waals surface area contributed by atoms with Crippen LogP contribution in [-0.4, -0.2) is 11.6 Å². The Morgan fingerprint density at radius 2 is 2.05 bits per heavy atom. The van der Waals surface area contributed by atoms with Crippen LogP contribution in [0, 0.1) is 0 Å². The van der Waals surface area contributed by atoms with Gasteiger partial charge in [-0.15, -0.1) is 11.3 Å². The van der Waals surface area contributed by atoms with Crippen LogP contribution in [0.15, 0.2) is 30.5 Å². The maximum absolute atomic E-state index is 6.07. The Morgan fingerprint density at radius 1 is 1.30 bits per heavy atom. The summed E-state index contributed by atoms with van der Waals surface area (Å²) >= 11 is 1.67. The Kier molecular flexibility index (Phi) is 4.78. The average Bonchev–Trinajstić information content (AvgIpc) is 2.88. The van der Waals surface area contributed by atoms with Gasteiger partial charge in [0.1, 0.15) is 5.75 Å². The van der Waals surface area contributed by atoms with Gasteiger partial charge in [0.2, 0.25) is 0 Å². The van der Waals surface area contributed by atoms with Crippen molar-refractivity contribution in [2.75, 3.05) is 6.61 Å². The van der Waals surface area contributed by atoms with Crippen molar-refractivity contribution in [1.29, 1.82) is 0 Å². The minimum absolute atomic E-state index is 0.314. The first-order valence-corrected chi connectivity index (χ1v) is 7.77. The highest BCUT2D eigenvalue weighted by Gasteiger charge is 2.17. The van der Waals surface area contributed by atoms with Crippen molar-refractivity contribution in [3.63, 3.8) is 0 Å². The summed E-state index contributed by atoms with van der Waals surface area (Å²) in [5, 5.41) is 1.08. The first kappa shape index (κ1) is 15.0. The number of hydrogen-bond acceptors (Lipinski definition) is 4. The molecule has 0 unspecified atom stereocenters. The number of rotatable bonds is 6. The third-order valence-electron chi connectivity index (χ3n) is 3.12. The summed E-state index contributed by atoms with van der Waals surface area (Å²) in [6.45, 7) is 6.78. The lowest BCUT2D eigenvalue weighted by Gasteiger charge is -2.14. The van der Waals surface area contributed by atoms with E-state index in [-0.39, 0.29) is 5.54 Å². The first-order valence-electron chi connectivity index (χ1n) is 6.95. The minimum Gasteiger partial charge on any atom is -0.493 e. The Bertz CT molecular complexity index is 558. The molecular weight excluding hydrogens is 268 g/mol. The Labute approximate surface area is 124 Å². The molecule has 2 N–H and O–H groups in total. The Hall–Kier alpha value is -1.39. The molecule has 0 radical (unpaired) electrons. The molecule has 1 aromatic carbocycles. The standard InChI is InChI=1S/C16H22N2OS/c1-4-12-7-5-6-8-13(12)19-10-9-15-18-11-14(20-15)16(2,3)17/h5-8,11H,4,9-10,17H2,1-3H3. The number of ether oxygens (including phenoxy) is 1. The largest absolute Gasteiger partial charge is 0.493 e. The Balaban J connectivity index is 1.91. The van der Waals surface area contributed by atoms with Gasteiger partial charge in [-0.1, -0.05) is 25.1 Å². The molecule has 2 aromatic rings. The normalized spacial score (nSPS) is 11.6. The van der Waals surface area contributed by atoms with Crippen LogP contribution >= 0.6 is 11.3 Å². The predicted octanol–water partition coefficient (Wildman–Crippen LogP) is 3.52. The maximum Gasteiger partial charge on any atom is 0.122 e. The van der Waals surface area contributed by atoms with E-state index in [2.05, 4.69) is 18.0 Å². The zero-order valence-corrected chi connectivity index (χ0v) is 13.2. The van der Waals surface area contributed by atoms with Gasteiger partial charge in [-0.3, -0.25) is 0 Å². The number of para-hydroxylation sites is 1. The van der Waals surface area contributed by atoms with E-state index in [0.29, 0.717) is 6.61 Å². The number of aryl methyl sites for hydroxylation is 1. The highest BCUT2D eigenvalue weighted by atomic mass is 32.1. The molecule has 0 amide bonds. The van der Waals surface area contributed by atoms with E-state index in [4.69, 9.17) is 10.5 Å². The number of hydrogen-bond donors (Lipinski definition) is 1. The van der Waals surface area contributed by atoms with Gasteiger partial charge >= 0.3 is 0 Å². The molecule has 0 saturated carbocycles. The number of thiazole rings is 1. The second kappa shape index (κ2) is 6.37. The average molecular weight is 290 g/mol. The smallest absolute Gasteiger partial charge is 0.122 e. The van der Waals surface area contributed by atoms with Gasteiger partial charge in [-0.25, -0.2) is 4.98 Å². The molecule has 0 atom stereocenters. The van der Waals surface area contributed by atoms with Gasteiger partial charge in [0.05, 0.1) is 11.6 Å². The van der Waals surface area contributed by atoms with Crippen LogP contribution in [0.5, 0.6) is 5.75 Å². The van der Waals surface area contributed by atoms with Crippen molar-refractivity contribution in [1.82, 2.24) is 4.98 Å². The van der Waals surface area contributed by atoms with Crippen molar-refractivity contribution in [2.24, 2.45) is 5.73 Å². The fourth-order valence-electron chi connectivity index (χ4n) is 1.91. The summed E-state index contributed by atoms with van der Waals surface area (Å²) in [5.41, 5.74) is 7.00. The van der Waals surface area contributed by atoms with Crippen molar-refractivity contribution >= 4 is 11.3 Å². The molecule has 3 nitrogen and oxygen atoms in total. The fraction of sp³-hybridized carbons (Fsp3) is 0.438. The van der Waals surface area contributed by atoms with E-state index < -0.39 is 0 Å². The first-order chi connectivity index (χ1) is 9.50. The molecule has 1 heterocycles. The van der Waals surface area contributed by atoms with Crippen LogP contribution in [0.2, 0.25) is 0 Å². The number of nitrogens with two attached hydrogens (primary N) is 1. The van der Waals surface area contributed by atoms with Crippen molar-refractivity contribution in [3.05, 3.63) is 45.9 Å². The van der Waals surface area contributed by atoms with Gasteiger partial charge in [0.15, 0.2) is 0 Å². The lowest BCUT2D eigenvalue weighted by Crippen LogP contribution is -2.27. The van der Waals surface area contributed by atoms with Gasteiger partial charge in [-0.05, 0) is 31.9 Å². The van der Waals surface area contributed by atoms with E-state index in [0.717, 1.165) is 28.5 Å². The summed E-state index contributed by atoms with van der Waals surface area (Å²) in [5.74, 6) is 0.978.